The fraction of sp³-hybridized carbons (Fsp3) is 0.529. The van der Waals surface area contributed by atoms with Crippen LogP contribution < -0.4 is 4.90 Å². The Balaban J connectivity index is 2.01. The molecule has 0 bridgehead atoms. The van der Waals surface area contributed by atoms with Crippen molar-refractivity contribution in [3.63, 3.8) is 0 Å². The molecule has 1 atom stereocenters. The van der Waals surface area contributed by atoms with E-state index in [1.54, 1.807) is 4.90 Å². The molecule has 3 rings (SSSR count). The molecule has 1 unspecified atom stereocenters. The molecule has 3 heterocycles. The number of aliphatic carboxylic acids is 1. The standard InChI is InChI=1S/C17H21N3O4S/c1-9(2)7-24-17(23)13-10(3)12-14(18-8-19-15(12)25-13)20-6-4-5-11(20)16(21)22/h8-9,11H,4-7H2,1-3H3,(H,21,22). The molecule has 2 aromatic heterocycles. The first-order valence-corrected chi connectivity index (χ1v) is 9.12. The van der Waals surface area contributed by atoms with Crippen LogP contribution in [0.15, 0.2) is 6.33 Å². The highest BCUT2D eigenvalue weighted by Crippen LogP contribution is 2.37. The van der Waals surface area contributed by atoms with Gasteiger partial charge in [0.25, 0.3) is 0 Å². The van der Waals surface area contributed by atoms with E-state index >= 15 is 0 Å². The Morgan fingerprint density at radius 2 is 2.20 bits per heavy atom. The molecule has 8 heteroatoms. The number of carboxylic acid groups (broad SMARTS) is 1. The lowest BCUT2D eigenvalue weighted by Gasteiger charge is -2.23. The van der Waals surface area contributed by atoms with Crippen LogP contribution in [0.5, 0.6) is 0 Å². The molecule has 0 aromatic carbocycles. The number of hydrogen-bond donors (Lipinski definition) is 1. The van der Waals surface area contributed by atoms with E-state index in [0.717, 1.165) is 17.4 Å². The number of aryl methyl sites for hydroxylation is 1. The minimum Gasteiger partial charge on any atom is -0.480 e. The van der Waals surface area contributed by atoms with E-state index in [4.69, 9.17) is 4.74 Å². The number of carboxylic acids is 1. The zero-order valence-corrected chi connectivity index (χ0v) is 15.3. The van der Waals surface area contributed by atoms with Crippen molar-refractivity contribution in [2.75, 3.05) is 18.1 Å². The van der Waals surface area contributed by atoms with E-state index < -0.39 is 12.0 Å². The van der Waals surface area contributed by atoms with Crippen molar-refractivity contribution in [1.82, 2.24) is 9.97 Å². The number of fused-ring (bicyclic) bond motifs is 1. The molecule has 0 amide bonds. The fourth-order valence-electron chi connectivity index (χ4n) is 3.05. The van der Waals surface area contributed by atoms with Crippen molar-refractivity contribution in [2.45, 2.75) is 39.7 Å². The van der Waals surface area contributed by atoms with Gasteiger partial charge in [-0.25, -0.2) is 19.6 Å². The monoisotopic (exact) mass is 363 g/mol. The van der Waals surface area contributed by atoms with E-state index in [2.05, 4.69) is 9.97 Å². The van der Waals surface area contributed by atoms with Crippen LogP contribution in [0.1, 0.15) is 41.9 Å². The molecule has 25 heavy (non-hydrogen) atoms. The largest absolute Gasteiger partial charge is 0.480 e. The molecule has 0 spiro atoms. The zero-order chi connectivity index (χ0) is 18.1. The molecule has 1 saturated heterocycles. The number of hydrogen-bond acceptors (Lipinski definition) is 7. The van der Waals surface area contributed by atoms with Crippen LogP contribution in [0.2, 0.25) is 0 Å². The second-order valence-corrected chi connectivity index (χ2v) is 7.61. The highest BCUT2D eigenvalue weighted by molar-refractivity contribution is 7.20. The van der Waals surface area contributed by atoms with Crippen LogP contribution >= 0.6 is 11.3 Å². The van der Waals surface area contributed by atoms with Crippen molar-refractivity contribution in [2.24, 2.45) is 5.92 Å². The second kappa shape index (κ2) is 6.95. The molecular weight excluding hydrogens is 342 g/mol. The summed E-state index contributed by atoms with van der Waals surface area (Å²) in [5.41, 5.74) is 0.750. The summed E-state index contributed by atoms with van der Waals surface area (Å²) < 4.78 is 5.34. The number of aromatic nitrogens is 2. The first-order chi connectivity index (χ1) is 11.9. The Morgan fingerprint density at radius 3 is 2.88 bits per heavy atom. The summed E-state index contributed by atoms with van der Waals surface area (Å²) in [6.07, 6.45) is 2.82. The lowest BCUT2D eigenvalue weighted by atomic mass is 10.1. The minimum absolute atomic E-state index is 0.259. The summed E-state index contributed by atoms with van der Waals surface area (Å²) >= 11 is 1.27. The van der Waals surface area contributed by atoms with Crippen LogP contribution in [0, 0.1) is 12.8 Å². The van der Waals surface area contributed by atoms with Crippen molar-refractivity contribution >= 4 is 39.3 Å². The Kier molecular flexibility index (Phi) is 4.89. The molecule has 1 aliphatic heterocycles. The SMILES string of the molecule is Cc1c(C(=O)OCC(C)C)sc2ncnc(N3CCCC3C(=O)O)c12. The number of thiophene rings is 1. The molecule has 1 fully saturated rings. The van der Waals surface area contributed by atoms with Crippen molar-refractivity contribution in [3.05, 3.63) is 16.8 Å². The predicted octanol–water partition coefficient (Wildman–Crippen LogP) is 2.87. The van der Waals surface area contributed by atoms with Gasteiger partial charge in [0.1, 0.15) is 27.9 Å². The summed E-state index contributed by atoms with van der Waals surface area (Å²) in [5, 5.41) is 10.2. The van der Waals surface area contributed by atoms with Gasteiger partial charge in [-0.05, 0) is 31.2 Å². The minimum atomic E-state index is -0.853. The second-order valence-electron chi connectivity index (χ2n) is 6.62. The fourth-order valence-corrected chi connectivity index (χ4v) is 4.09. The number of carbonyl (C=O) groups excluding carboxylic acids is 1. The first kappa shape index (κ1) is 17.6. The first-order valence-electron chi connectivity index (χ1n) is 8.30. The predicted molar refractivity (Wildman–Crippen MR) is 95.3 cm³/mol. The third kappa shape index (κ3) is 3.30. The summed E-state index contributed by atoms with van der Waals surface area (Å²) in [6.45, 7) is 6.79. The van der Waals surface area contributed by atoms with Gasteiger partial charge in [-0.3, -0.25) is 0 Å². The number of anilines is 1. The number of esters is 1. The maximum atomic E-state index is 12.4. The Labute approximate surface area is 149 Å². The summed E-state index contributed by atoms with van der Waals surface area (Å²) in [7, 11) is 0. The number of rotatable bonds is 5. The van der Waals surface area contributed by atoms with Crippen LogP contribution in [0.25, 0.3) is 10.2 Å². The van der Waals surface area contributed by atoms with Gasteiger partial charge in [-0.2, -0.15) is 0 Å². The van der Waals surface area contributed by atoms with Crippen molar-refractivity contribution in [3.8, 4) is 0 Å². The maximum absolute atomic E-state index is 12.4. The van der Waals surface area contributed by atoms with Gasteiger partial charge in [0.15, 0.2) is 0 Å². The number of carbonyl (C=O) groups is 2. The van der Waals surface area contributed by atoms with Crippen molar-refractivity contribution < 1.29 is 19.4 Å². The van der Waals surface area contributed by atoms with Crippen LogP contribution in [0.3, 0.4) is 0 Å². The molecular formula is C17H21N3O4S. The van der Waals surface area contributed by atoms with Gasteiger partial charge in [-0.15, -0.1) is 11.3 Å². The summed E-state index contributed by atoms with van der Waals surface area (Å²) in [6, 6.07) is -0.589. The average Bonchev–Trinajstić information content (AvgIpc) is 3.18. The molecule has 0 radical (unpaired) electrons. The van der Waals surface area contributed by atoms with Gasteiger partial charge in [0.05, 0.1) is 12.0 Å². The highest BCUT2D eigenvalue weighted by Gasteiger charge is 2.33. The van der Waals surface area contributed by atoms with E-state index in [9.17, 15) is 14.7 Å². The van der Waals surface area contributed by atoms with E-state index in [0.29, 0.717) is 35.1 Å². The molecule has 0 aliphatic carbocycles. The Morgan fingerprint density at radius 1 is 1.44 bits per heavy atom. The molecule has 134 valence electrons. The van der Waals surface area contributed by atoms with Crippen molar-refractivity contribution in [1.29, 1.82) is 0 Å². The van der Waals surface area contributed by atoms with Gasteiger partial charge in [0, 0.05) is 6.54 Å². The smallest absolute Gasteiger partial charge is 0.348 e. The summed E-state index contributed by atoms with van der Waals surface area (Å²) in [4.78, 5) is 35.5. The lowest BCUT2D eigenvalue weighted by Crippen LogP contribution is -2.36. The normalized spacial score (nSPS) is 17.4. The van der Waals surface area contributed by atoms with Crippen LogP contribution in [-0.4, -0.2) is 46.2 Å². The van der Waals surface area contributed by atoms with Gasteiger partial charge >= 0.3 is 11.9 Å². The van der Waals surface area contributed by atoms with Gasteiger partial charge in [0.2, 0.25) is 0 Å². The van der Waals surface area contributed by atoms with Crippen LogP contribution in [-0.2, 0) is 9.53 Å². The van der Waals surface area contributed by atoms with Crippen LogP contribution in [0.4, 0.5) is 5.82 Å². The zero-order valence-electron chi connectivity index (χ0n) is 14.5. The van der Waals surface area contributed by atoms with E-state index in [1.165, 1.54) is 17.7 Å². The molecule has 1 N–H and O–H groups in total. The molecule has 1 aliphatic rings. The Bertz CT molecular complexity index is 818. The van der Waals surface area contributed by atoms with Gasteiger partial charge < -0.3 is 14.7 Å². The summed E-state index contributed by atoms with van der Waals surface area (Å²) in [5.74, 6) is -0.369. The quantitative estimate of drug-likeness (QED) is 0.817. The molecule has 0 saturated carbocycles. The Hall–Kier alpha value is -2.22. The van der Waals surface area contributed by atoms with E-state index in [-0.39, 0.29) is 11.9 Å². The average molecular weight is 363 g/mol. The molecule has 2 aromatic rings. The number of ether oxygens (including phenoxy) is 1. The lowest BCUT2D eigenvalue weighted by molar-refractivity contribution is -0.138. The van der Waals surface area contributed by atoms with E-state index in [1.807, 2.05) is 20.8 Å². The van der Waals surface area contributed by atoms with Gasteiger partial charge in [-0.1, -0.05) is 13.8 Å². The maximum Gasteiger partial charge on any atom is 0.348 e. The third-order valence-corrected chi connectivity index (χ3v) is 5.43. The topological polar surface area (TPSA) is 92.6 Å². The third-order valence-electron chi connectivity index (χ3n) is 4.25. The molecule has 7 nitrogen and oxygen atoms in total. The highest BCUT2D eigenvalue weighted by atomic mass is 32.1. The number of nitrogens with zero attached hydrogens (tertiary/aromatic N) is 3.